The van der Waals surface area contributed by atoms with Crippen LogP contribution in [0.5, 0.6) is 0 Å². The minimum absolute atomic E-state index is 0.425. The molecule has 2 nitrogen and oxygen atoms in total. The Morgan fingerprint density at radius 2 is 2.33 bits per heavy atom. The average Bonchev–Trinajstić information content (AvgIpc) is 2.08. The predicted octanol–water partition coefficient (Wildman–Crippen LogP) is 0.333. The van der Waals surface area contributed by atoms with Crippen LogP contribution < -0.4 is 11.1 Å². The minimum Gasteiger partial charge on any atom is -0.329 e. The Kier molecular flexibility index (Phi) is 1.78. The third kappa shape index (κ3) is 1.25. The molecule has 0 amide bonds. The zero-order valence-electron chi connectivity index (χ0n) is 6.28. The van der Waals surface area contributed by atoms with Gasteiger partial charge in [0, 0.05) is 12.6 Å². The Labute approximate surface area is 56.8 Å². The SMILES string of the molecule is CC1(C)CCNC1CN. The molecule has 0 aromatic heterocycles. The molecule has 0 aliphatic carbocycles. The van der Waals surface area contributed by atoms with Crippen LogP contribution in [0.3, 0.4) is 0 Å². The van der Waals surface area contributed by atoms with Crippen molar-refractivity contribution >= 4 is 0 Å². The lowest BCUT2D eigenvalue weighted by Gasteiger charge is -2.24. The van der Waals surface area contributed by atoms with Crippen LogP contribution in [-0.2, 0) is 0 Å². The maximum Gasteiger partial charge on any atom is 0.0241 e. The number of nitrogens with two attached hydrogens (primary N) is 1. The van der Waals surface area contributed by atoms with E-state index in [1.807, 2.05) is 0 Å². The van der Waals surface area contributed by atoms with Crippen molar-refractivity contribution in [1.82, 2.24) is 5.32 Å². The van der Waals surface area contributed by atoms with Crippen LogP contribution in [0.4, 0.5) is 0 Å². The lowest BCUT2D eigenvalue weighted by molar-refractivity contribution is 0.319. The quantitative estimate of drug-likeness (QED) is 0.534. The smallest absolute Gasteiger partial charge is 0.0241 e. The van der Waals surface area contributed by atoms with Gasteiger partial charge in [-0.15, -0.1) is 0 Å². The molecule has 0 saturated carbocycles. The highest BCUT2D eigenvalue weighted by molar-refractivity contribution is 4.90. The molecule has 3 N–H and O–H groups in total. The van der Waals surface area contributed by atoms with Gasteiger partial charge >= 0.3 is 0 Å². The maximum absolute atomic E-state index is 5.55. The summed E-state index contributed by atoms with van der Waals surface area (Å²) < 4.78 is 0. The first-order valence-corrected chi connectivity index (χ1v) is 3.60. The van der Waals surface area contributed by atoms with E-state index < -0.39 is 0 Å². The number of hydrogen-bond acceptors (Lipinski definition) is 2. The normalized spacial score (nSPS) is 33.0. The lowest BCUT2D eigenvalue weighted by Crippen LogP contribution is -2.39. The highest BCUT2D eigenvalue weighted by Gasteiger charge is 2.32. The Bertz CT molecular complexity index is 99.1. The van der Waals surface area contributed by atoms with E-state index in [2.05, 4.69) is 19.2 Å². The number of rotatable bonds is 1. The van der Waals surface area contributed by atoms with Crippen molar-refractivity contribution in [1.29, 1.82) is 0 Å². The van der Waals surface area contributed by atoms with Crippen LogP contribution in [0.2, 0.25) is 0 Å². The van der Waals surface area contributed by atoms with Crippen molar-refractivity contribution in [2.75, 3.05) is 13.1 Å². The second-order valence-corrected chi connectivity index (χ2v) is 3.48. The minimum atomic E-state index is 0.425. The fourth-order valence-corrected chi connectivity index (χ4v) is 1.42. The van der Waals surface area contributed by atoms with Gasteiger partial charge in [0.15, 0.2) is 0 Å². The molecule has 0 aromatic carbocycles. The Balaban J connectivity index is 2.52. The van der Waals surface area contributed by atoms with Gasteiger partial charge in [0.2, 0.25) is 0 Å². The van der Waals surface area contributed by atoms with Crippen molar-refractivity contribution in [3.05, 3.63) is 0 Å². The van der Waals surface area contributed by atoms with Gasteiger partial charge < -0.3 is 11.1 Å². The molecule has 0 bridgehead atoms. The monoisotopic (exact) mass is 128 g/mol. The summed E-state index contributed by atoms with van der Waals surface area (Å²) in [5.41, 5.74) is 5.97. The molecule has 1 rings (SSSR count). The first-order chi connectivity index (χ1) is 4.17. The van der Waals surface area contributed by atoms with Crippen molar-refractivity contribution in [2.45, 2.75) is 26.3 Å². The third-order valence-corrected chi connectivity index (χ3v) is 2.34. The van der Waals surface area contributed by atoms with E-state index in [1.54, 1.807) is 0 Å². The third-order valence-electron chi connectivity index (χ3n) is 2.34. The van der Waals surface area contributed by atoms with Crippen LogP contribution >= 0.6 is 0 Å². The van der Waals surface area contributed by atoms with E-state index in [0.29, 0.717) is 11.5 Å². The molecule has 0 radical (unpaired) electrons. The van der Waals surface area contributed by atoms with Gasteiger partial charge in [0.25, 0.3) is 0 Å². The van der Waals surface area contributed by atoms with Crippen LogP contribution in [0.15, 0.2) is 0 Å². The van der Waals surface area contributed by atoms with Gasteiger partial charge in [0.05, 0.1) is 0 Å². The summed E-state index contributed by atoms with van der Waals surface area (Å²) in [6, 6.07) is 0.539. The van der Waals surface area contributed by atoms with E-state index in [9.17, 15) is 0 Å². The van der Waals surface area contributed by atoms with Crippen LogP contribution in [-0.4, -0.2) is 19.1 Å². The van der Waals surface area contributed by atoms with Gasteiger partial charge in [-0.3, -0.25) is 0 Å². The van der Waals surface area contributed by atoms with Gasteiger partial charge in [0.1, 0.15) is 0 Å². The molecule has 0 aromatic rings. The van der Waals surface area contributed by atoms with E-state index in [0.717, 1.165) is 13.1 Å². The predicted molar refractivity (Wildman–Crippen MR) is 39.2 cm³/mol. The number of hydrogen-bond donors (Lipinski definition) is 2. The molecule has 1 heterocycles. The summed E-state index contributed by atoms with van der Waals surface area (Å²) in [6.45, 7) is 6.44. The van der Waals surface area contributed by atoms with Crippen molar-refractivity contribution in [3.8, 4) is 0 Å². The average molecular weight is 128 g/mol. The van der Waals surface area contributed by atoms with Crippen molar-refractivity contribution < 1.29 is 0 Å². The molecule has 1 fully saturated rings. The van der Waals surface area contributed by atoms with Gasteiger partial charge in [-0.1, -0.05) is 13.8 Å². The molecule has 1 atom stereocenters. The summed E-state index contributed by atoms with van der Waals surface area (Å²) >= 11 is 0. The summed E-state index contributed by atoms with van der Waals surface area (Å²) in [7, 11) is 0. The van der Waals surface area contributed by atoms with Crippen molar-refractivity contribution in [2.24, 2.45) is 11.1 Å². The zero-order chi connectivity index (χ0) is 6.91. The van der Waals surface area contributed by atoms with E-state index in [-0.39, 0.29) is 0 Å². The summed E-state index contributed by atoms with van der Waals surface area (Å²) in [5.74, 6) is 0. The van der Waals surface area contributed by atoms with Gasteiger partial charge in [-0.2, -0.15) is 0 Å². The Hall–Kier alpha value is -0.0800. The number of nitrogens with one attached hydrogen (secondary N) is 1. The molecular weight excluding hydrogens is 112 g/mol. The highest BCUT2D eigenvalue weighted by atomic mass is 15.0. The van der Waals surface area contributed by atoms with E-state index in [4.69, 9.17) is 5.73 Å². The fraction of sp³-hybridized carbons (Fsp3) is 1.00. The molecule has 0 spiro atoms. The molecule has 1 unspecified atom stereocenters. The maximum atomic E-state index is 5.55. The summed E-state index contributed by atoms with van der Waals surface area (Å²) in [4.78, 5) is 0. The molecule has 2 heteroatoms. The first kappa shape index (κ1) is 7.03. The van der Waals surface area contributed by atoms with Gasteiger partial charge in [-0.25, -0.2) is 0 Å². The molecule has 1 saturated heterocycles. The molecule has 1 aliphatic heterocycles. The molecule has 9 heavy (non-hydrogen) atoms. The van der Waals surface area contributed by atoms with Crippen LogP contribution in [0.1, 0.15) is 20.3 Å². The standard InChI is InChI=1S/C7H16N2/c1-7(2)3-4-9-6(7)5-8/h6,9H,3-5,8H2,1-2H3. The second kappa shape index (κ2) is 2.27. The molecule has 54 valence electrons. The lowest BCUT2D eigenvalue weighted by atomic mass is 9.85. The summed E-state index contributed by atoms with van der Waals surface area (Å²) in [6.07, 6.45) is 1.26. The Morgan fingerprint density at radius 1 is 1.67 bits per heavy atom. The topological polar surface area (TPSA) is 38.0 Å². The van der Waals surface area contributed by atoms with Crippen LogP contribution in [0.25, 0.3) is 0 Å². The largest absolute Gasteiger partial charge is 0.329 e. The highest BCUT2D eigenvalue weighted by Crippen LogP contribution is 2.28. The van der Waals surface area contributed by atoms with Crippen molar-refractivity contribution in [3.63, 3.8) is 0 Å². The van der Waals surface area contributed by atoms with E-state index >= 15 is 0 Å². The van der Waals surface area contributed by atoms with Gasteiger partial charge in [-0.05, 0) is 18.4 Å². The zero-order valence-corrected chi connectivity index (χ0v) is 6.28. The summed E-state index contributed by atoms with van der Waals surface area (Å²) in [5, 5.41) is 3.37. The first-order valence-electron chi connectivity index (χ1n) is 3.60. The Morgan fingerprint density at radius 3 is 2.56 bits per heavy atom. The molecular formula is C7H16N2. The van der Waals surface area contributed by atoms with Crippen LogP contribution in [0, 0.1) is 5.41 Å². The second-order valence-electron chi connectivity index (χ2n) is 3.48. The fourth-order valence-electron chi connectivity index (χ4n) is 1.42. The van der Waals surface area contributed by atoms with E-state index in [1.165, 1.54) is 6.42 Å². The molecule has 1 aliphatic rings.